The van der Waals surface area contributed by atoms with Crippen molar-refractivity contribution in [3.63, 3.8) is 0 Å². The molecule has 23 heavy (non-hydrogen) atoms. The number of hydrogen-bond donors (Lipinski definition) is 1. The number of halogens is 2. The van der Waals surface area contributed by atoms with Crippen molar-refractivity contribution in [2.24, 2.45) is 0 Å². The number of anilines is 1. The molecule has 1 amide bonds. The summed E-state index contributed by atoms with van der Waals surface area (Å²) in [5.74, 6) is -0.813. The van der Waals surface area contributed by atoms with Crippen LogP contribution in [0.4, 0.5) is 14.5 Å². The molecule has 122 valence electrons. The summed E-state index contributed by atoms with van der Waals surface area (Å²) in [5, 5.41) is 2.44. The van der Waals surface area contributed by atoms with Gasteiger partial charge in [0.25, 0.3) is 5.91 Å². The fourth-order valence-corrected chi connectivity index (χ4v) is 1.66. The lowest BCUT2D eigenvalue weighted by molar-refractivity contribution is -0.119. The Hall–Kier alpha value is -2.90. The van der Waals surface area contributed by atoms with Crippen molar-refractivity contribution in [1.82, 2.24) is 0 Å². The first-order valence-electron chi connectivity index (χ1n) is 6.52. The molecule has 8 heteroatoms. The topological polar surface area (TPSA) is 77.8 Å². The summed E-state index contributed by atoms with van der Waals surface area (Å²) >= 11 is 0. The monoisotopic (exact) mass is 325 g/mol. The summed E-state index contributed by atoms with van der Waals surface area (Å²) in [5.41, 5.74) is 0.349. The number of carbonyl (C=O) groups is 2. The van der Waals surface area contributed by atoms with Crippen LogP contribution < -0.4 is 10.1 Å². The van der Waals surface area contributed by atoms with Crippen LogP contribution >= 0.6 is 0 Å². The maximum absolute atomic E-state index is 12.0. The number of benzene rings is 1. The van der Waals surface area contributed by atoms with Crippen LogP contribution in [0.1, 0.15) is 16.3 Å². The zero-order chi connectivity index (χ0) is 16.8. The molecule has 0 saturated carbocycles. The van der Waals surface area contributed by atoms with Crippen LogP contribution in [-0.4, -0.2) is 25.1 Å². The predicted molar refractivity (Wildman–Crippen MR) is 75.4 cm³/mol. The van der Waals surface area contributed by atoms with E-state index in [2.05, 4.69) is 10.1 Å². The van der Waals surface area contributed by atoms with Crippen molar-refractivity contribution in [3.8, 4) is 5.75 Å². The Balaban J connectivity index is 1.81. The molecule has 0 bridgehead atoms. The molecule has 1 aromatic carbocycles. The average Bonchev–Trinajstić information content (AvgIpc) is 2.93. The molecule has 6 nitrogen and oxygen atoms in total. The van der Waals surface area contributed by atoms with E-state index in [0.29, 0.717) is 11.4 Å². The van der Waals surface area contributed by atoms with E-state index < -0.39 is 25.1 Å². The number of furan rings is 1. The molecule has 1 N–H and O–H groups in total. The highest BCUT2D eigenvalue weighted by atomic mass is 19.3. The van der Waals surface area contributed by atoms with Crippen LogP contribution in [0, 0.1) is 6.92 Å². The Morgan fingerprint density at radius 1 is 1.17 bits per heavy atom. The number of alkyl halides is 2. The van der Waals surface area contributed by atoms with Gasteiger partial charge in [0.05, 0.1) is 0 Å². The second-order valence-corrected chi connectivity index (χ2v) is 4.44. The van der Waals surface area contributed by atoms with E-state index in [1.807, 2.05) is 0 Å². The maximum atomic E-state index is 12.0. The highest BCUT2D eigenvalue weighted by Gasteiger charge is 2.13. The molecule has 0 aliphatic carbocycles. The van der Waals surface area contributed by atoms with Crippen molar-refractivity contribution < 1.29 is 32.3 Å². The Bertz CT molecular complexity index is 681. The zero-order valence-corrected chi connectivity index (χ0v) is 12.0. The van der Waals surface area contributed by atoms with Gasteiger partial charge in [0.15, 0.2) is 6.61 Å². The van der Waals surface area contributed by atoms with E-state index in [9.17, 15) is 18.4 Å². The Labute approximate surface area is 130 Å². The number of hydrogen-bond acceptors (Lipinski definition) is 5. The molecule has 1 heterocycles. The summed E-state index contributed by atoms with van der Waals surface area (Å²) in [7, 11) is 0. The molecular formula is C15H13F2NO5. The quantitative estimate of drug-likeness (QED) is 0.826. The molecule has 0 aliphatic rings. The Kier molecular flexibility index (Phi) is 5.29. The lowest BCUT2D eigenvalue weighted by Crippen LogP contribution is -2.20. The summed E-state index contributed by atoms with van der Waals surface area (Å²) < 4.78 is 38.0. The van der Waals surface area contributed by atoms with Gasteiger partial charge in [0.2, 0.25) is 5.76 Å². The number of carbonyl (C=O) groups excluding carboxylic acids is 2. The lowest BCUT2D eigenvalue weighted by atomic mass is 10.3. The van der Waals surface area contributed by atoms with E-state index in [0.717, 1.165) is 0 Å². The number of rotatable bonds is 6. The SMILES string of the molecule is Cc1ccc(C(=O)OCC(=O)Nc2ccc(OC(F)F)cc2)o1. The van der Waals surface area contributed by atoms with Crippen LogP contribution in [0.15, 0.2) is 40.8 Å². The highest BCUT2D eigenvalue weighted by molar-refractivity contribution is 5.94. The van der Waals surface area contributed by atoms with E-state index in [4.69, 9.17) is 9.15 Å². The third-order valence-electron chi connectivity index (χ3n) is 2.64. The normalized spacial score (nSPS) is 10.4. The van der Waals surface area contributed by atoms with Gasteiger partial charge < -0.3 is 19.2 Å². The first kappa shape index (κ1) is 16.5. The standard InChI is InChI=1S/C15H13F2NO5/c1-9-2-7-12(22-9)14(20)21-8-13(19)18-10-3-5-11(6-4-10)23-15(16)17/h2-7,15H,8H2,1H3,(H,18,19). The molecule has 0 saturated heterocycles. The van der Waals surface area contributed by atoms with Crippen LogP contribution in [0.5, 0.6) is 5.75 Å². The van der Waals surface area contributed by atoms with Gasteiger partial charge in [-0.15, -0.1) is 0 Å². The van der Waals surface area contributed by atoms with Crippen molar-refractivity contribution >= 4 is 17.6 Å². The number of amides is 1. The smallest absolute Gasteiger partial charge is 0.387 e. The lowest BCUT2D eigenvalue weighted by Gasteiger charge is -2.07. The number of esters is 1. The third kappa shape index (κ3) is 5.10. The molecule has 0 unspecified atom stereocenters. The van der Waals surface area contributed by atoms with Gasteiger partial charge in [-0.2, -0.15) is 8.78 Å². The van der Waals surface area contributed by atoms with Gasteiger partial charge in [-0.05, 0) is 43.3 Å². The van der Waals surface area contributed by atoms with Crippen molar-refractivity contribution in [2.45, 2.75) is 13.5 Å². The minimum atomic E-state index is -2.92. The molecule has 2 rings (SSSR count). The molecular weight excluding hydrogens is 312 g/mol. The molecule has 0 aliphatic heterocycles. The molecule has 2 aromatic rings. The molecule has 1 aromatic heterocycles. The number of ether oxygens (including phenoxy) is 2. The van der Waals surface area contributed by atoms with Gasteiger partial charge in [0, 0.05) is 5.69 Å². The second kappa shape index (κ2) is 7.39. The maximum Gasteiger partial charge on any atom is 0.387 e. The fourth-order valence-electron chi connectivity index (χ4n) is 1.66. The molecule has 0 atom stereocenters. The van der Waals surface area contributed by atoms with E-state index in [-0.39, 0.29) is 11.5 Å². The van der Waals surface area contributed by atoms with Crippen molar-refractivity contribution in [1.29, 1.82) is 0 Å². The average molecular weight is 325 g/mol. The van der Waals surface area contributed by atoms with Gasteiger partial charge in [0.1, 0.15) is 11.5 Å². The first-order valence-corrected chi connectivity index (χ1v) is 6.52. The van der Waals surface area contributed by atoms with Gasteiger partial charge in [-0.3, -0.25) is 4.79 Å². The number of nitrogens with one attached hydrogen (secondary N) is 1. The van der Waals surface area contributed by atoms with Crippen LogP contribution in [-0.2, 0) is 9.53 Å². The summed E-state index contributed by atoms with van der Waals surface area (Å²) in [6.07, 6.45) is 0. The van der Waals surface area contributed by atoms with Crippen molar-refractivity contribution in [2.75, 3.05) is 11.9 Å². The first-order chi connectivity index (χ1) is 10.9. The minimum Gasteiger partial charge on any atom is -0.454 e. The largest absolute Gasteiger partial charge is 0.454 e. The van der Waals surface area contributed by atoms with E-state index in [1.165, 1.54) is 30.3 Å². The third-order valence-corrected chi connectivity index (χ3v) is 2.64. The Morgan fingerprint density at radius 3 is 2.43 bits per heavy atom. The Morgan fingerprint density at radius 2 is 1.87 bits per heavy atom. The van der Waals surface area contributed by atoms with Crippen LogP contribution in [0.25, 0.3) is 0 Å². The van der Waals surface area contributed by atoms with E-state index in [1.54, 1.807) is 13.0 Å². The van der Waals surface area contributed by atoms with Crippen LogP contribution in [0.3, 0.4) is 0 Å². The summed E-state index contributed by atoms with van der Waals surface area (Å²) in [6.45, 7) is -1.75. The molecule has 0 radical (unpaired) electrons. The summed E-state index contributed by atoms with van der Waals surface area (Å²) in [4.78, 5) is 23.2. The molecule has 0 fully saturated rings. The minimum absolute atomic E-state index is 0.00352. The van der Waals surface area contributed by atoms with Gasteiger partial charge in [-0.25, -0.2) is 4.79 Å². The number of aryl methyl sites for hydroxylation is 1. The summed E-state index contributed by atoms with van der Waals surface area (Å²) in [6, 6.07) is 8.36. The second-order valence-electron chi connectivity index (χ2n) is 4.44. The van der Waals surface area contributed by atoms with Gasteiger partial charge in [-0.1, -0.05) is 0 Å². The van der Waals surface area contributed by atoms with E-state index >= 15 is 0 Å². The van der Waals surface area contributed by atoms with Crippen LogP contribution in [0.2, 0.25) is 0 Å². The van der Waals surface area contributed by atoms with Crippen molar-refractivity contribution in [3.05, 3.63) is 47.9 Å². The zero-order valence-electron chi connectivity index (χ0n) is 12.0. The van der Waals surface area contributed by atoms with Gasteiger partial charge >= 0.3 is 12.6 Å². The predicted octanol–water partition coefficient (Wildman–Crippen LogP) is 2.98. The molecule has 0 spiro atoms. The highest BCUT2D eigenvalue weighted by Crippen LogP contribution is 2.17. The fraction of sp³-hybridized carbons (Fsp3) is 0.200.